The molecule has 0 radical (unpaired) electrons. The lowest BCUT2D eigenvalue weighted by Crippen LogP contribution is -2.40. The molecule has 1 unspecified atom stereocenters. The first kappa shape index (κ1) is 24.0. The van der Waals surface area contributed by atoms with E-state index in [2.05, 4.69) is 42.0 Å². The number of nitrogens with one attached hydrogen (secondary N) is 3. The van der Waals surface area contributed by atoms with Gasteiger partial charge in [0.2, 0.25) is 0 Å². The molecule has 0 saturated heterocycles. The van der Waals surface area contributed by atoms with Gasteiger partial charge in [-0.25, -0.2) is 10.5 Å². The number of hydrazone groups is 1. The zero-order chi connectivity index (χ0) is 24.8. The van der Waals surface area contributed by atoms with Gasteiger partial charge in [0, 0.05) is 15.4 Å². The van der Waals surface area contributed by atoms with Gasteiger partial charge < -0.3 is 5.32 Å². The summed E-state index contributed by atoms with van der Waals surface area (Å²) >= 11 is 3.44. The summed E-state index contributed by atoms with van der Waals surface area (Å²) < 4.78 is 0.888. The third kappa shape index (κ3) is 5.52. The van der Waals surface area contributed by atoms with Crippen LogP contribution in [-0.4, -0.2) is 27.7 Å². The standard InChI is InChI=1S/C26H22BrN5O3/c1-2-21(17-11-8-12-18(27)15-17)29-32-26(35)23(28-24(33)16-9-4-3-5-10-16)22-19-13-6-7-14-20(19)25(34)31-30-22/h3-15,23H,2H2,1H3,(H,28,33)(H,31,34)(H,32,35)/b29-21+. The van der Waals surface area contributed by atoms with Crippen LogP contribution in [0.4, 0.5) is 0 Å². The first-order chi connectivity index (χ1) is 17.0. The van der Waals surface area contributed by atoms with Crippen molar-refractivity contribution in [2.75, 3.05) is 0 Å². The summed E-state index contributed by atoms with van der Waals surface area (Å²) in [5, 5.41) is 14.4. The topological polar surface area (TPSA) is 116 Å². The van der Waals surface area contributed by atoms with Crippen LogP contribution in [0.1, 0.15) is 41.0 Å². The van der Waals surface area contributed by atoms with Gasteiger partial charge >= 0.3 is 0 Å². The number of H-pyrrole nitrogens is 1. The zero-order valence-corrected chi connectivity index (χ0v) is 20.4. The minimum Gasteiger partial charge on any atom is -0.335 e. The van der Waals surface area contributed by atoms with E-state index >= 15 is 0 Å². The molecule has 0 aliphatic rings. The molecule has 3 aromatic carbocycles. The van der Waals surface area contributed by atoms with Crippen LogP contribution in [0, 0.1) is 0 Å². The number of hydrogen-bond donors (Lipinski definition) is 3. The van der Waals surface area contributed by atoms with Crippen molar-refractivity contribution >= 4 is 44.2 Å². The van der Waals surface area contributed by atoms with E-state index in [4.69, 9.17) is 0 Å². The van der Waals surface area contributed by atoms with Crippen molar-refractivity contribution in [3.05, 3.63) is 111 Å². The van der Waals surface area contributed by atoms with Crippen LogP contribution in [0.15, 0.2) is 93.2 Å². The third-order valence-electron chi connectivity index (χ3n) is 5.37. The van der Waals surface area contributed by atoms with Crippen LogP contribution in [0.2, 0.25) is 0 Å². The summed E-state index contributed by atoms with van der Waals surface area (Å²) in [4.78, 5) is 38.6. The highest BCUT2D eigenvalue weighted by molar-refractivity contribution is 9.10. The van der Waals surface area contributed by atoms with Gasteiger partial charge in [-0.15, -0.1) is 0 Å². The molecule has 1 atom stereocenters. The molecule has 8 nitrogen and oxygen atoms in total. The molecule has 0 aliphatic carbocycles. The van der Waals surface area contributed by atoms with Crippen LogP contribution in [-0.2, 0) is 4.79 Å². The van der Waals surface area contributed by atoms with Crippen molar-refractivity contribution < 1.29 is 9.59 Å². The molecule has 4 aromatic rings. The predicted octanol–water partition coefficient (Wildman–Crippen LogP) is 4.09. The van der Waals surface area contributed by atoms with Crippen molar-refractivity contribution in [1.29, 1.82) is 0 Å². The molecular formula is C26H22BrN5O3. The van der Waals surface area contributed by atoms with Crippen molar-refractivity contribution in [1.82, 2.24) is 20.9 Å². The Morgan fingerprint density at radius 2 is 1.66 bits per heavy atom. The van der Waals surface area contributed by atoms with Crippen LogP contribution < -0.4 is 16.3 Å². The van der Waals surface area contributed by atoms with Crippen molar-refractivity contribution in [3.63, 3.8) is 0 Å². The molecule has 2 amide bonds. The molecular weight excluding hydrogens is 510 g/mol. The quantitative estimate of drug-likeness (QED) is 0.246. The Morgan fingerprint density at radius 1 is 0.971 bits per heavy atom. The molecule has 35 heavy (non-hydrogen) atoms. The Morgan fingerprint density at radius 3 is 2.37 bits per heavy atom. The molecule has 0 saturated carbocycles. The van der Waals surface area contributed by atoms with E-state index in [9.17, 15) is 14.4 Å². The fourth-order valence-electron chi connectivity index (χ4n) is 3.62. The van der Waals surface area contributed by atoms with E-state index in [0.29, 0.717) is 28.5 Å². The molecule has 4 rings (SSSR count). The minimum absolute atomic E-state index is 0.206. The Labute approximate surface area is 209 Å². The second-order valence-corrected chi connectivity index (χ2v) is 8.57. The Balaban J connectivity index is 1.72. The highest BCUT2D eigenvalue weighted by Crippen LogP contribution is 2.21. The number of nitrogens with zero attached hydrogens (tertiary/aromatic N) is 2. The second-order valence-electron chi connectivity index (χ2n) is 7.65. The SMILES string of the molecule is CC/C(=N\NC(=O)C(NC(=O)c1ccccc1)c1n[nH]c(=O)c2ccccc12)c1cccc(Br)c1. The lowest BCUT2D eigenvalue weighted by molar-refractivity contribution is -0.123. The monoisotopic (exact) mass is 531 g/mol. The van der Waals surface area contributed by atoms with Gasteiger partial charge in [0.05, 0.1) is 11.1 Å². The number of aromatic nitrogens is 2. The number of fused-ring (bicyclic) bond motifs is 1. The largest absolute Gasteiger partial charge is 0.335 e. The summed E-state index contributed by atoms with van der Waals surface area (Å²) in [5.41, 5.74) is 4.28. The van der Waals surface area contributed by atoms with Gasteiger partial charge in [-0.05, 0) is 42.3 Å². The Kier molecular flexibility index (Phi) is 7.47. The molecule has 1 heterocycles. The number of aromatic amines is 1. The van der Waals surface area contributed by atoms with Crippen molar-refractivity contribution in [3.8, 4) is 0 Å². The van der Waals surface area contributed by atoms with Gasteiger partial charge in [0.1, 0.15) is 5.69 Å². The molecule has 0 spiro atoms. The summed E-state index contributed by atoms with van der Waals surface area (Å²) in [6.07, 6.45) is 0.567. The van der Waals surface area contributed by atoms with Gasteiger partial charge in [0.25, 0.3) is 17.4 Å². The summed E-state index contributed by atoms with van der Waals surface area (Å²) in [6.45, 7) is 1.93. The first-order valence-corrected chi connectivity index (χ1v) is 11.7. The highest BCUT2D eigenvalue weighted by atomic mass is 79.9. The number of halogens is 1. The summed E-state index contributed by atoms with van der Waals surface area (Å²) in [6, 6.07) is 21.7. The third-order valence-corrected chi connectivity index (χ3v) is 5.86. The van der Waals surface area contributed by atoms with Gasteiger partial charge in [-0.3, -0.25) is 14.4 Å². The molecule has 0 bridgehead atoms. The van der Waals surface area contributed by atoms with Crippen LogP contribution >= 0.6 is 15.9 Å². The molecule has 0 aliphatic heterocycles. The van der Waals surface area contributed by atoms with Crippen molar-refractivity contribution in [2.45, 2.75) is 19.4 Å². The predicted molar refractivity (Wildman–Crippen MR) is 138 cm³/mol. The van der Waals surface area contributed by atoms with E-state index in [1.165, 1.54) is 0 Å². The van der Waals surface area contributed by atoms with Gasteiger partial charge in [-0.2, -0.15) is 10.2 Å². The minimum atomic E-state index is -1.21. The van der Waals surface area contributed by atoms with E-state index in [0.717, 1.165) is 10.0 Å². The van der Waals surface area contributed by atoms with E-state index in [1.54, 1.807) is 54.6 Å². The summed E-state index contributed by atoms with van der Waals surface area (Å²) in [5.74, 6) is -1.06. The lowest BCUT2D eigenvalue weighted by Gasteiger charge is -2.18. The normalized spacial score (nSPS) is 12.2. The van der Waals surface area contributed by atoms with E-state index in [1.807, 2.05) is 31.2 Å². The number of benzene rings is 3. The van der Waals surface area contributed by atoms with Gasteiger partial charge in [0.15, 0.2) is 6.04 Å². The highest BCUT2D eigenvalue weighted by Gasteiger charge is 2.27. The number of carbonyl (C=O) groups is 2. The number of carbonyl (C=O) groups excluding carboxylic acids is 2. The van der Waals surface area contributed by atoms with Crippen molar-refractivity contribution in [2.24, 2.45) is 5.10 Å². The maximum atomic E-state index is 13.4. The van der Waals surface area contributed by atoms with E-state index in [-0.39, 0.29) is 11.3 Å². The Bertz CT molecular complexity index is 1470. The maximum absolute atomic E-state index is 13.4. The fraction of sp³-hybridized carbons (Fsp3) is 0.115. The number of hydrogen-bond acceptors (Lipinski definition) is 5. The molecule has 3 N–H and O–H groups in total. The maximum Gasteiger partial charge on any atom is 0.272 e. The average molecular weight is 532 g/mol. The average Bonchev–Trinajstić information content (AvgIpc) is 2.89. The number of amides is 2. The summed E-state index contributed by atoms with van der Waals surface area (Å²) in [7, 11) is 0. The van der Waals surface area contributed by atoms with Crippen LogP contribution in [0.25, 0.3) is 10.8 Å². The lowest BCUT2D eigenvalue weighted by atomic mass is 10.0. The smallest absolute Gasteiger partial charge is 0.272 e. The molecule has 9 heteroatoms. The van der Waals surface area contributed by atoms with E-state index < -0.39 is 17.9 Å². The molecule has 176 valence electrons. The second kappa shape index (κ2) is 10.9. The molecule has 0 fully saturated rings. The zero-order valence-electron chi connectivity index (χ0n) is 18.8. The Hall–Kier alpha value is -4.11. The van der Waals surface area contributed by atoms with Crippen LogP contribution in [0.5, 0.6) is 0 Å². The van der Waals surface area contributed by atoms with Gasteiger partial charge in [-0.1, -0.05) is 71.4 Å². The number of rotatable bonds is 7. The first-order valence-electron chi connectivity index (χ1n) is 10.9. The fourth-order valence-corrected chi connectivity index (χ4v) is 4.02. The van der Waals surface area contributed by atoms with Crippen LogP contribution in [0.3, 0.4) is 0 Å². The molecule has 1 aromatic heterocycles.